The predicted octanol–water partition coefficient (Wildman–Crippen LogP) is 1.39. The van der Waals surface area contributed by atoms with Crippen molar-refractivity contribution in [1.82, 2.24) is 5.32 Å². The summed E-state index contributed by atoms with van der Waals surface area (Å²) in [6.07, 6.45) is 2.25. The Morgan fingerprint density at radius 3 is 2.57 bits per heavy atom. The fraction of sp³-hybridized carbons (Fsp3) is 1.00. The van der Waals surface area contributed by atoms with E-state index in [9.17, 15) is 0 Å². The molecule has 2 aliphatic heterocycles. The molecule has 2 heterocycles. The topological polar surface area (TPSA) is 30.5 Å². The molecular weight excluding hydrogens is 178 g/mol. The highest BCUT2D eigenvalue weighted by Crippen LogP contribution is 2.30. The third-order valence-electron chi connectivity index (χ3n) is 3.47. The Kier molecular flexibility index (Phi) is 3.10. The molecule has 82 valence electrons. The zero-order valence-electron chi connectivity index (χ0n) is 9.21. The van der Waals surface area contributed by atoms with Crippen LogP contribution in [-0.4, -0.2) is 32.1 Å². The van der Waals surface area contributed by atoms with Crippen LogP contribution >= 0.6 is 0 Å². The Morgan fingerprint density at radius 1 is 1.29 bits per heavy atom. The number of nitrogens with one attached hydrogen (secondary N) is 1. The van der Waals surface area contributed by atoms with Crippen LogP contribution in [0.25, 0.3) is 0 Å². The van der Waals surface area contributed by atoms with E-state index in [1.54, 1.807) is 0 Å². The van der Waals surface area contributed by atoms with Gasteiger partial charge in [-0.15, -0.1) is 0 Å². The van der Waals surface area contributed by atoms with Crippen molar-refractivity contribution in [3.05, 3.63) is 0 Å². The minimum absolute atomic E-state index is 0.101. The van der Waals surface area contributed by atoms with E-state index in [-0.39, 0.29) is 5.72 Å². The van der Waals surface area contributed by atoms with Crippen molar-refractivity contribution < 1.29 is 9.47 Å². The van der Waals surface area contributed by atoms with E-state index >= 15 is 0 Å². The quantitative estimate of drug-likeness (QED) is 0.692. The maximum atomic E-state index is 5.95. The Labute approximate surface area is 86.2 Å². The van der Waals surface area contributed by atoms with Crippen LogP contribution in [0.1, 0.15) is 26.7 Å². The largest absolute Gasteiger partial charge is 0.381 e. The van der Waals surface area contributed by atoms with Crippen LogP contribution in [0.2, 0.25) is 0 Å². The summed E-state index contributed by atoms with van der Waals surface area (Å²) < 4.78 is 11.3. The van der Waals surface area contributed by atoms with E-state index in [2.05, 4.69) is 19.2 Å². The van der Waals surface area contributed by atoms with Crippen LogP contribution in [0.15, 0.2) is 0 Å². The van der Waals surface area contributed by atoms with Gasteiger partial charge in [-0.05, 0) is 25.7 Å². The van der Waals surface area contributed by atoms with Crippen molar-refractivity contribution in [2.24, 2.45) is 11.8 Å². The second-order valence-corrected chi connectivity index (χ2v) is 4.79. The van der Waals surface area contributed by atoms with Gasteiger partial charge >= 0.3 is 0 Å². The minimum Gasteiger partial charge on any atom is -0.381 e. The molecule has 3 heteroatoms. The molecule has 0 aromatic rings. The van der Waals surface area contributed by atoms with Crippen LogP contribution in [-0.2, 0) is 9.47 Å². The first kappa shape index (κ1) is 10.4. The smallest absolute Gasteiger partial charge is 0.119 e. The fourth-order valence-corrected chi connectivity index (χ4v) is 2.31. The van der Waals surface area contributed by atoms with E-state index in [0.717, 1.165) is 39.2 Å². The highest BCUT2D eigenvalue weighted by Gasteiger charge is 2.38. The lowest BCUT2D eigenvalue weighted by molar-refractivity contribution is -0.153. The summed E-state index contributed by atoms with van der Waals surface area (Å²) in [5.41, 5.74) is -0.101. The van der Waals surface area contributed by atoms with Crippen LogP contribution < -0.4 is 5.32 Å². The van der Waals surface area contributed by atoms with Crippen molar-refractivity contribution in [1.29, 1.82) is 0 Å². The molecule has 2 unspecified atom stereocenters. The van der Waals surface area contributed by atoms with E-state index in [1.807, 2.05) is 0 Å². The number of ether oxygens (including phenoxy) is 2. The Morgan fingerprint density at radius 2 is 2.00 bits per heavy atom. The van der Waals surface area contributed by atoms with Crippen LogP contribution in [0.3, 0.4) is 0 Å². The molecule has 0 spiro atoms. The zero-order valence-corrected chi connectivity index (χ0v) is 9.21. The first-order chi connectivity index (χ1) is 6.71. The van der Waals surface area contributed by atoms with Gasteiger partial charge in [-0.25, -0.2) is 0 Å². The van der Waals surface area contributed by atoms with E-state index < -0.39 is 0 Å². The molecule has 2 fully saturated rings. The molecule has 0 amide bonds. The zero-order chi connectivity index (χ0) is 10.0. The highest BCUT2D eigenvalue weighted by molar-refractivity contribution is 4.86. The number of rotatable bonds is 1. The summed E-state index contributed by atoms with van der Waals surface area (Å²) in [7, 11) is 0. The molecule has 0 bridgehead atoms. The van der Waals surface area contributed by atoms with Gasteiger partial charge in [0.15, 0.2) is 0 Å². The molecule has 0 saturated carbocycles. The van der Waals surface area contributed by atoms with Crippen molar-refractivity contribution in [3.8, 4) is 0 Å². The van der Waals surface area contributed by atoms with Gasteiger partial charge in [-0.3, -0.25) is 5.32 Å². The van der Waals surface area contributed by atoms with E-state index in [4.69, 9.17) is 9.47 Å². The average Bonchev–Trinajstić information content (AvgIpc) is 2.24. The van der Waals surface area contributed by atoms with Gasteiger partial charge in [-0.1, -0.05) is 6.92 Å². The maximum absolute atomic E-state index is 5.95. The lowest BCUT2D eigenvalue weighted by Gasteiger charge is -2.44. The summed E-state index contributed by atoms with van der Waals surface area (Å²) >= 11 is 0. The predicted molar refractivity (Wildman–Crippen MR) is 55.1 cm³/mol. The Balaban J connectivity index is 1.93. The molecule has 2 rings (SSSR count). The molecular formula is C11H21NO2. The molecule has 3 nitrogen and oxygen atoms in total. The van der Waals surface area contributed by atoms with Crippen molar-refractivity contribution in [3.63, 3.8) is 0 Å². The minimum atomic E-state index is -0.101. The van der Waals surface area contributed by atoms with Gasteiger partial charge in [0.05, 0.1) is 6.61 Å². The molecule has 0 aromatic heterocycles. The summed E-state index contributed by atoms with van der Waals surface area (Å²) in [6.45, 7) is 8.15. The second-order valence-electron chi connectivity index (χ2n) is 4.79. The summed E-state index contributed by atoms with van der Waals surface area (Å²) in [5, 5.41) is 3.54. The van der Waals surface area contributed by atoms with Crippen LogP contribution in [0.5, 0.6) is 0 Å². The van der Waals surface area contributed by atoms with Crippen LogP contribution in [0.4, 0.5) is 0 Å². The average molecular weight is 199 g/mol. The summed E-state index contributed by atoms with van der Waals surface area (Å²) in [5.74, 6) is 1.26. The maximum Gasteiger partial charge on any atom is 0.119 e. The number of hydrogen-bond acceptors (Lipinski definition) is 3. The van der Waals surface area contributed by atoms with E-state index in [1.165, 1.54) is 0 Å². The first-order valence-electron chi connectivity index (χ1n) is 5.67. The van der Waals surface area contributed by atoms with Gasteiger partial charge in [-0.2, -0.15) is 0 Å². The van der Waals surface area contributed by atoms with E-state index in [0.29, 0.717) is 11.8 Å². The number of hydrogen-bond donors (Lipinski definition) is 1. The standard InChI is InChI=1S/C11H21NO2/c1-9-7-12-11(2,14-8-9)10-3-5-13-6-4-10/h9-10,12H,3-8H2,1-2H3. The van der Waals surface area contributed by atoms with Gasteiger partial charge in [0, 0.05) is 25.7 Å². The lowest BCUT2D eigenvalue weighted by atomic mass is 9.88. The molecule has 2 atom stereocenters. The normalized spacial score (nSPS) is 41.1. The molecule has 1 N–H and O–H groups in total. The lowest BCUT2D eigenvalue weighted by Crippen LogP contribution is -2.57. The Bertz CT molecular complexity index is 182. The highest BCUT2D eigenvalue weighted by atomic mass is 16.5. The second kappa shape index (κ2) is 4.17. The molecule has 14 heavy (non-hydrogen) atoms. The van der Waals surface area contributed by atoms with Crippen molar-refractivity contribution in [2.75, 3.05) is 26.4 Å². The van der Waals surface area contributed by atoms with Crippen molar-refractivity contribution in [2.45, 2.75) is 32.4 Å². The molecule has 2 saturated heterocycles. The van der Waals surface area contributed by atoms with Gasteiger partial charge < -0.3 is 9.47 Å². The molecule has 2 aliphatic rings. The van der Waals surface area contributed by atoms with Crippen molar-refractivity contribution >= 4 is 0 Å². The first-order valence-corrected chi connectivity index (χ1v) is 5.67. The van der Waals surface area contributed by atoms with Gasteiger partial charge in [0.1, 0.15) is 5.72 Å². The fourth-order valence-electron chi connectivity index (χ4n) is 2.31. The summed E-state index contributed by atoms with van der Waals surface area (Å²) in [6, 6.07) is 0. The third-order valence-corrected chi connectivity index (χ3v) is 3.47. The molecule has 0 radical (unpaired) electrons. The van der Waals surface area contributed by atoms with Gasteiger partial charge in [0.25, 0.3) is 0 Å². The SMILES string of the molecule is CC1CNC(C)(C2CCOCC2)OC1. The monoisotopic (exact) mass is 199 g/mol. The molecule has 0 aromatic carbocycles. The van der Waals surface area contributed by atoms with Crippen LogP contribution in [0, 0.1) is 11.8 Å². The summed E-state index contributed by atoms with van der Waals surface area (Å²) in [4.78, 5) is 0. The third kappa shape index (κ3) is 2.10. The van der Waals surface area contributed by atoms with Gasteiger partial charge in [0.2, 0.25) is 0 Å². The Hall–Kier alpha value is -0.120. The molecule has 0 aliphatic carbocycles.